The van der Waals surface area contributed by atoms with Gasteiger partial charge in [0, 0.05) is 36.3 Å². The van der Waals surface area contributed by atoms with Crippen LogP contribution in [-0.2, 0) is 11.0 Å². The molecule has 31 heavy (non-hydrogen) atoms. The molecule has 2 aromatic rings. The number of carbonyl (C=O) groups is 2. The van der Waals surface area contributed by atoms with Crippen molar-refractivity contribution in [3.63, 3.8) is 0 Å². The fourth-order valence-electron chi connectivity index (χ4n) is 3.85. The lowest BCUT2D eigenvalue weighted by Crippen LogP contribution is -2.38. The molecule has 0 bridgehead atoms. The molecule has 4 rings (SSSR count). The van der Waals surface area contributed by atoms with E-state index >= 15 is 0 Å². The molecule has 0 spiro atoms. The predicted octanol–water partition coefficient (Wildman–Crippen LogP) is 4.49. The third-order valence-corrected chi connectivity index (χ3v) is 5.55. The number of Topliss-reactive ketones (excluding diaryl/α,β-unsaturated/α-hetero) is 1. The summed E-state index contributed by atoms with van der Waals surface area (Å²) in [5.41, 5.74) is 0.494. The predicted molar refractivity (Wildman–Crippen MR) is 108 cm³/mol. The molecule has 0 saturated carbocycles. The highest BCUT2D eigenvalue weighted by Gasteiger charge is 2.32. The maximum atomic E-state index is 13.0. The first-order chi connectivity index (χ1) is 14.7. The number of hydrogen-bond acceptors (Lipinski definition) is 5. The first kappa shape index (κ1) is 21.0. The van der Waals surface area contributed by atoms with Crippen molar-refractivity contribution in [1.82, 2.24) is 0 Å². The van der Waals surface area contributed by atoms with Crippen LogP contribution in [0.3, 0.4) is 0 Å². The Morgan fingerprint density at radius 1 is 1.06 bits per heavy atom. The van der Waals surface area contributed by atoms with E-state index in [9.17, 15) is 22.8 Å². The van der Waals surface area contributed by atoms with Crippen molar-refractivity contribution in [2.75, 3.05) is 30.1 Å². The summed E-state index contributed by atoms with van der Waals surface area (Å²) in [4.78, 5) is 26.6. The minimum absolute atomic E-state index is 0.0536. The molecule has 0 aliphatic carbocycles. The maximum absolute atomic E-state index is 13.0. The number of ether oxygens (including phenoxy) is 2. The summed E-state index contributed by atoms with van der Waals surface area (Å²) in [6.45, 7) is 2.37. The van der Waals surface area contributed by atoms with E-state index < -0.39 is 11.7 Å². The van der Waals surface area contributed by atoms with Crippen molar-refractivity contribution in [1.29, 1.82) is 0 Å². The van der Waals surface area contributed by atoms with E-state index in [2.05, 4.69) is 5.32 Å². The lowest BCUT2D eigenvalue weighted by molar-refractivity contribution is -0.137. The topological polar surface area (TPSA) is 67.9 Å². The van der Waals surface area contributed by atoms with Gasteiger partial charge in [0.05, 0.1) is 11.3 Å². The Balaban J connectivity index is 1.42. The molecule has 1 amide bonds. The minimum Gasteiger partial charge on any atom is -0.454 e. The number of anilines is 2. The average Bonchev–Trinajstić information content (AvgIpc) is 3.20. The van der Waals surface area contributed by atoms with E-state index in [4.69, 9.17) is 9.47 Å². The summed E-state index contributed by atoms with van der Waals surface area (Å²) in [5.74, 6) is 0.155. The van der Waals surface area contributed by atoms with Crippen LogP contribution in [0.5, 0.6) is 11.5 Å². The second-order valence-corrected chi connectivity index (χ2v) is 7.61. The molecule has 2 aliphatic heterocycles. The summed E-state index contributed by atoms with van der Waals surface area (Å²) in [5, 5.41) is 2.81. The first-order valence-corrected chi connectivity index (χ1v) is 9.90. The SMILES string of the molecule is CC(=O)c1cc2c(cc1NC(=O)C1CCN(c3cccc(C(F)(F)F)c3)CC1)OCO2. The van der Waals surface area contributed by atoms with Crippen LogP contribution in [0.2, 0.25) is 0 Å². The molecule has 164 valence electrons. The largest absolute Gasteiger partial charge is 0.454 e. The van der Waals surface area contributed by atoms with Crippen LogP contribution >= 0.6 is 0 Å². The van der Waals surface area contributed by atoms with E-state index in [1.54, 1.807) is 18.2 Å². The molecule has 0 unspecified atom stereocenters. The van der Waals surface area contributed by atoms with Gasteiger partial charge >= 0.3 is 6.18 Å². The molecule has 2 aliphatic rings. The van der Waals surface area contributed by atoms with E-state index in [0.29, 0.717) is 54.4 Å². The first-order valence-electron chi connectivity index (χ1n) is 9.90. The van der Waals surface area contributed by atoms with Crippen LogP contribution < -0.4 is 19.7 Å². The fourth-order valence-corrected chi connectivity index (χ4v) is 3.85. The highest BCUT2D eigenvalue weighted by molar-refractivity contribution is 6.05. The molecule has 0 atom stereocenters. The second kappa shape index (κ2) is 8.13. The molecule has 1 saturated heterocycles. The van der Waals surface area contributed by atoms with Gasteiger partial charge in [-0.3, -0.25) is 9.59 Å². The summed E-state index contributed by atoms with van der Waals surface area (Å²) in [7, 11) is 0. The zero-order chi connectivity index (χ0) is 22.2. The molecule has 9 heteroatoms. The molecule has 0 aromatic heterocycles. The summed E-state index contributed by atoms with van der Waals surface area (Å²) < 4.78 is 49.5. The van der Waals surface area contributed by atoms with Gasteiger partial charge in [0.2, 0.25) is 12.7 Å². The van der Waals surface area contributed by atoms with Gasteiger partial charge in [0.25, 0.3) is 0 Å². The van der Waals surface area contributed by atoms with Gasteiger partial charge in [0.1, 0.15) is 0 Å². The monoisotopic (exact) mass is 434 g/mol. The molecular weight excluding hydrogens is 413 g/mol. The number of nitrogens with zero attached hydrogens (tertiary/aromatic N) is 1. The van der Waals surface area contributed by atoms with Crippen LogP contribution in [0.15, 0.2) is 36.4 Å². The number of fused-ring (bicyclic) bond motifs is 1. The van der Waals surface area contributed by atoms with Crippen molar-refractivity contribution in [3.8, 4) is 11.5 Å². The third-order valence-electron chi connectivity index (χ3n) is 5.55. The van der Waals surface area contributed by atoms with Gasteiger partial charge in [-0.15, -0.1) is 0 Å². The van der Waals surface area contributed by atoms with Crippen molar-refractivity contribution < 1.29 is 32.2 Å². The number of amides is 1. The average molecular weight is 434 g/mol. The Hall–Kier alpha value is -3.23. The Morgan fingerprint density at radius 2 is 1.74 bits per heavy atom. The van der Waals surface area contributed by atoms with Crippen molar-refractivity contribution in [3.05, 3.63) is 47.5 Å². The lowest BCUT2D eigenvalue weighted by atomic mass is 9.95. The van der Waals surface area contributed by atoms with Crippen molar-refractivity contribution >= 4 is 23.1 Å². The van der Waals surface area contributed by atoms with Gasteiger partial charge in [-0.1, -0.05) is 6.07 Å². The van der Waals surface area contributed by atoms with Crippen LogP contribution in [0.1, 0.15) is 35.7 Å². The standard InChI is InChI=1S/C22H21F3N2O4/c1-13(28)17-10-19-20(31-12-30-19)11-18(17)26-21(29)14-5-7-27(8-6-14)16-4-2-3-15(9-16)22(23,24)25/h2-4,9-11,14H,5-8,12H2,1H3,(H,26,29). The number of carbonyl (C=O) groups excluding carboxylic acids is 2. The van der Waals surface area contributed by atoms with E-state index in [1.807, 2.05) is 4.90 Å². The zero-order valence-corrected chi connectivity index (χ0v) is 16.8. The van der Waals surface area contributed by atoms with Gasteiger partial charge < -0.3 is 19.7 Å². The number of hydrogen-bond donors (Lipinski definition) is 1. The third kappa shape index (κ3) is 4.45. The summed E-state index contributed by atoms with van der Waals surface area (Å²) in [6.07, 6.45) is -3.42. The number of rotatable bonds is 4. The Bertz CT molecular complexity index is 1010. The summed E-state index contributed by atoms with van der Waals surface area (Å²) >= 11 is 0. The van der Waals surface area contributed by atoms with E-state index in [1.165, 1.54) is 13.0 Å². The molecular formula is C22H21F3N2O4. The number of benzene rings is 2. The van der Waals surface area contributed by atoms with Crippen molar-refractivity contribution in [2.45, 2.75) is 25.9 Å². The number of nitrogens with one attached hydrogen (secondary N) is 1. The summed E-state index contributed by atoms with van der Waals surface area (Å²) in [6, 6.07) is 8.33. The number of alkyl halides is 3. The van der Waals surface area contributed by atoms with Crippen LogP contribution in [0.25, 0.3) is 0 Å². The number of halogens is 3. The van der Waals surface area contributed by atoms with Crippen LogP contribution in [0, 0.1) is 5.92 Å². The Labute approximate surface area is 176 Å². The smallest absolute Gasteiger partial charge is 0.416 e. The molecule has 2 aromatic carbocycles. The maximum Gasteiger partial charge on any atom is 0.416 e. The Kier molecular flexibility index (Phi) is 5.51. The lowest BCUT2D eigenvalue weighted by Gasteiger charge is -2.33. The normalized spacial score (nSPS) is 16.3. The molecule has 1 N–H and O–H groups in total. The molecule has 6 nitrogen and oxygen atoms in total. The zero-order valence-electron chi connectivity index (χ0n) is 16.8. The minimum atomic E-state index is -4.40. The fraction of sp³-hybridized carbons (Fsp3) is 0.364. The molecule has 2 heterocycles. The highest BCUT2D eigenvalue weighted by atomic mass is 19.4. The quantitative estimate of drug-likeness (QED) is 0.719. The van der Waals surface area contributed by atoms with Crippen molar-refractivity contribution in [2.24, 2.45) is 5.92 Å². The van der Waals surface area contributed by atoms with Gasteiger partial charge in [0.15, 0.2) is 17.3 Å². The number of piperidine rings is 1. The van der Waals surface area contributed by atoms with E-state index in [0.717, 1.165) is 12.1 Å². The van der Waals surface area contributed by atoms with Crippen LogP contribution in [0.4, 0.5) is 24.5 Å². The Morgan fingerprint density at radius 3 is 2.39 bits per heavy atom. The van der Waals surface area contributed by atoms with E-state index in [-0.39, 0.29) is 24.4 Å². The number of ketones is 1. The van der Waals surface area contributed by atoms with Gasteiger partial charge in [-0.05, 0) is 44.0 Å². The highest BCUT2D eigenvalue weighted by Crippen LogP contribution is 2.38. The van der Waals surface area contributed by atoms with Crippen LogP contribution in [-0.4, -0.2) is 31.6 Å². The van der Waals surface area contributed by atoms with Gasteiger partial charge in [-0.2, -0.15) is 13.2 Å². The van der Waals surface area contributed by atoms with Gasteiger partial charge in [-0.25, -0.2) is 0 Å². The molecule has 1 fully saturated rings. The molecule has 0 radical (unpaired) electrons. The second-order valence-electron chi connectivity index (χ2n) is 7.61.